The van der Waals surface area contributed by atoms with Gasteiger partial charge in [-0.1, -0.05) is 23.3 Å². The molecule has 1 aromatic heterocycles. The Kier molecular flexibility index (Phi) is 5.81. The zero-order valence-corrected chi connectivity index (χ0v) is 12.8. The van der Waals surface area contributed by atoms with E-state index in [9.17, 15) is 4.79 Å². The number of pyridine rings is 1. The lowest BCUT2D eigenvalue weighted by Crippen LogP contribution is -2.10. The number of allylic oxidation sites excluding steroid dienone is 4. The minimum atomic E-state index is 0.127. The maximum atomic E-state index is 11.7. The lowest BCUT2D eigenvalue weighted by molar-refractivity contribution is 0.945. The molecule has 0 atom stereocenters. The molecule has 1 aromatic rings. The average molecular weight is 259 g/mol. The first-order valence-corrected chi connectivity index (χ1v) is 6.88. The quantitative estimate of drug-likeness (QED) is 0.789. The van der Waals surface area contributed by atoms with E-state index in [2.05, 4.69) is 37.9 Å². The summed E-state index contributed by atoms with van der Waals surface area (Å²) >= 11 is 0. The Morgan fingerprint density at radius 3 is 2.47 bits per heavy atom. The van der Waals surface area contributed by atoms with Crippen LogP contribution < -0.4 is 5.43 Å². The summed E-state index contributed by atoms with van der Waals surface area (Å²) in [6.45, 7) is 10.2. The largest absolute Gasteiger partial charge is 0.362 e. The molecule has 0 aliphatic carbocycles. The van der Waals surface area contributed by atoms with Gasteiger partial charge in [0.15, 0.2) is 5.43 Å². The van der Waals surface area contributed by atoms with Crippen LogP contribution in [0.3, 0.4) is 0 Å². The summed E-state index contributed by atoms with van der Waals surface area (Å²) < 4.78 is 0. The van der Waals surface area contributed by atoms with Gasteiger partial charge in [0, 0.05) is 29.4 Å². The van der Waals surface area contributed by atoms with Crippen molar-refractivity contribution in [1.82, 2.24) is 4.98 Å². The highest BCUT2D eigenvalue weighted by atomic mass is 16.1. The van der Waals surface area contributed by atoms with E-state index >= 15 is 0 Å². The van der Waals surface area contributed by atoms with Crippen LogP contribution in [0.25, 0.3) is 0 Å². The molecule has 1 rings (SSSR count). The Labute approximate surface area is 116 Å². The van der Waals surface area contributed by atoms with Gasteiger partial charge in [-0.05, 0) is 47.5 Å². The average Bonchev–Trinajstić information content (AvgIpc) is 2.32. The van der Waals surface area contributed by atoms with Crippen LogP contribution >= 0.6 is 0 Å². The normalized spacial score (nSPS) is 11.5. The summed E-state index contributed by atoms with van der Waals surface area (Å²) in [5.41, 5.74) is 5.64. The predicted molar refractivity (Wildman–Crippen MR) is 82.7 cm³/mol. The van der Waals surface area contributed by atoms with E-state index < -0.39 is 0 Å². The molecule has 0 unspecified atom stereocenters. The Morgan fingerprint density at radius 2 is 1.89 bits per heavy atom. The van der Waals surface area contributed by atoms with Gasteiger partial charge in [0.25, 0.3) is 0 Å². The molecule has 0 bridgehead atoms. The standard InChI is InChI=1S/C17H25NO/c1-12(2)7-6-8-13(3)9-10-16-11-17(19)14(4)15(5)18-16/h7,9,11H,6,8,10H2,1-5H3,(H,18,19). The Bertz CT molecular complexity index is 543. The molecule has 0 saturated heterocycles. The minimum absolute atomic E-state index is 0.127. The van der Waals surface area contributed by atoms with E-state index in [1.807, 2.05) is 13.8 Å². The SMILES string of the molecule is CC(C)=CCCC(C)=CCc1cc(=O)c(C)c(C)[nH]1. The van der Waals surface area contributed by atoms with Crippen LogP contribution in [0.1, 0.15) is 50.6 Å². The van der Waals surface area contributed by atoms with Gasteiger partial charge in [-0.3, -0.25) is 4.79 Å². The van der Waals surface area contributed by atoms with E-state index in [0.29, 0.717) is 0 Å². The van der Waals surface area contributed by atoms with Crippen molar-refractivity contribution < 1.29 is 0 Å². The number of aromatic nitrogens is 1. The number of nitrogens with one attached hydrogen (secondary N) is 1. The van der Waals surface area contributed by atoms with E-state index in [-0.39, 0.29) is 5.43 Å². The molecule has 0 fully saturated rings. The zero-order chi connectivity index (χ0) is 14.4. The van der Waals surface area contributed by atoms with Crippen LogP contribution in [0.15, 0.2) is 34.2 Å². The first-order valence-electron chi connectivity index (χ1n) is 6.88. The fourth-order valence-corrected chi connectivity index (χ4v) is 1.91. The summed E-state index contributed by atoms with van der Waals surface area (Å²) in [7, 11) is 0. The molecule has 0 saturated carbocycles. The van der Waals surface area contributed by atoms with Crippen LogP contribution in [0.2, 0.25) is 0 Å². The molecule has 19 heavy (non-hydrogen) atoms. The van der Waals surface area contributed by atoms with Crippen molar-refractivity contribution in [3.8, 4) is 0 Å². The lowest BCUT2D eigenvalue weighted by atomic mass is 10.1. The number of hydrogen-bond donors (Lipinski definition) is 1. The highest BCUT2D eigenvalue weighted by Gasteiger charge is 2.00. The molecular formula is C17H25NO. The molecule has 0 amide bonds. The van der Waals surface area contributed by atoms with E-state index in [4.69, 9.17) is 0 Å². The van der Waals surface area contributed by atoms with Crippen molar-refractivity contribution in [2.75, 3.05) is 0 Å². The molecule has 1 N–H and O–H groups in total. The molecule has 2 heteroatoms. The smallest absolute Gasteiger partial charge is 0.184 e. The van der Waals surface area contributed by atoms with Gasteiger partial charge < -0.3 is 4.98 Å². The molecule has 2 nitrogen and oxygen atoms in total. The third kappa shape index (κ3) is 5.29. The number of rotatable bonds is 5. The first kappa shape index (κ1) is 15.5. The van der Waals surface area contributed by atoms with Gasteiger partial charge in [-0.25, -0.2) is 0 Å². The van der Waals surface area contributed by atoms with Gasteiger partial charge in [0.2, 0.25) is 0 Å². The van der Waals surface area contributed by atoms with Crippen LogP contribution in [0, 0.1) is 13.8 Å². The third-order valence-electron chi connectivity index (χ3n) is 3.35. The number of aromatic amines is 1. The topological polar surface area (TPSA) is 32.9 Å². The third-order valence-corrected chi connectivity index (χ3v) is 3.35. The maximum absolute atomic E-state index is 11.7. The lowest BCUT2D eigenvalue weighted by Gasteiger charge is -2.04. The van der Waals surface area contributed by atoms with E-state index in [1.54, 1.807) is 6.07 Å². The summed E-state index contributed by atoms with van der Waals surface area (Å²) in [6.07, 6.45) is 7.44. The van der Waals surface area contributed by atoms with Crippen LogP contribution in [0.5, 0.6) is 0 Å². The van der Waals surface area contributed by atoms with Crippen molar-refractivity contribution in [3.05, 3.63) is 56.5 Å². The Hall–Kier alpha value is -1.57. The first-order chi connectivity index (χ1) is 8.90. The summed E-state index contributed by atoms with van der Waals surface area (Å²) in [5, 5.41) is 0. The number of H-pyrrole nitrogens is 1. The van der Waals surface area contributed by atoms with Gasteiger partial charge >= 0.3 is 0 Å². The second-order valence-electron chi connectivity index (χ2n) is 5.48. The van der Waals surface area contributed by atoms with Crippen molar-refractivity contribution in [1.29, 1.82) is 0 Å². The zero-order valence-electron chi connectivity index (χ0n) is 12.8. The summed E-state index contributed by atoms with van der Waals surface area (Å²) in [4.78, 5) is 15.0. The monoisotopic (exact) mass is 259 g/mol. The second-order valence-corrected chi connectivity index (χ2v) is 5.48. The summed E-state index contributed by atoms with van der Waals surface area (Å²) in [6, 6.07) is 1.71. The molecule has 0 aliphatic heterocycles. The van der Waals surface area contributed by atoms with Crippen LogP contribution in [-0.4, -0.2) is 4.98 Å². The number of aryl methyl sites for hydroxylation is 1. The van der Waals surface area contributed by atoms with Crippen molar-refractivity contribution in [3.63, 3.8) is 0 Å². The maximum Gasteiger partial charge on any atom is 0.184 e. The Morgan fingerprint density at radius 1 is 1.21 bits per heavy atom. The molecule has 0 aliphatic rings. The molecule has 104 valence electrons. The number of hydrogen-bond acceptors (Lipinski definition) is 1. The Balaban J connectivity index is 2.65. The highest BCUT2D eigenvalue weighted by molar-refractivity contribution is 5.22. The highest BCUT2D eigenvalue weighted by Crippen LogP contribution is 2.09. The minimum Gasteiger partial charge on any atom is -0.362 e. The van der Waals surface area contributed by atoms with Gasteiger partial charge in [0.05, 0.1) is 0 Å². The van der Waals surface area contributed by atoms with Crippen molar-refractivity contribution in [2.24, 2.45) is 0 Å². The molecule has 0 spiro atoms. The summed E-state index contributed by atoms with van der Waals surface area (Å²) in [5.74, 6) is 0. The second kappa shape index (κ2) is 7.13. The van der Waals surface area contributed by atoms with E-state index in [0.717, 1.165) is 36.2 Å². The fraction of sp³-hybridized carbons (Fsp3) is 0.471. The van der Waals surface area contributed by atoms with E-state index in [1.165, 1.54) is 11.1 Å². The molecule has 0 aromatic carbocycles. The van der Waals surface area contributed by atoms with Gasteiger partial charge in [0.1, 0.15) is 0 Å². The van der Waals surface area contributed by atoms with Crippen molar-refractivity contribution in [2.45, 2.75) is 53.9 Å². The van der Waals surface area contributed by atoms with Crippen LogP contribution in [0.4, 0.5) is 0 Å². The molecular weight excluding hydrogens is 234 g/mol. The predicted octanol–water partition coefficient (Wildman–Crippen LogP) is 4.23. The van der Waals surface area contributed by atoms with Gasteiger partial charge in [-0.2, -0.15) is 0 Å². The fourth-order valence-electron chi connectivity index (χ4n) is 1.91. The molecule has 0 radical (unpaired) electrons. The van der Waals surface area contributed by atoms with Crippen molar-refractivity contribution >= 4 is 0 Å². The van der Waals surface area contributed by atoms with Crippen LogP contribution in [-0.2, 0) is 6.42 Å². The van der Waals surface area contributed by atoms with Gasteiger partial charge in [-0.15, -0.1) is 0 Å². The molecule has 1 heterocycles.